The third-order valence-corrected chi connectivity index (χ3v) is 6.39. The zero-order valence-corrected chi connectivity index (χ0v) is 20.5. The van der Waals surface area contributed by atoms with E-state index in [1.54, 1.807) is 12.1 Å². The van der Waals surface area contributed by atoms with E-state index < -0.39 is 5.82 Å². The monoisotopic (exact) mass is 458 g/mol. The second-order valence-electron chi connectivity index (χ2n) is 9.16. The van der Waals surface area contributed by atoms with Crippen molar-refractivity contribution < 1.29 is 13.9 Å². The number of halogens is 1. The highest BCUT2D eigenvalue weighted by atomic mass is 19.1. The van der Waals surface area contributed by atoms with Gasteiger partial charge in [-0.15, -0.1) is 0 Å². The van der Waals surface area contributed by atoms with Gasteiger partial charge >= 0.3 is 5.97 Å². The van der Waals surface area contributed by atoms with E-state index in [2.05, 4.69) is 37.5 Å². The quantitative estimate of drug-likeness (QED) is 0.184. The van der Waals surface area contributed by atoms with Gasteiger partial charge in [0.1, 0.15) is 11.6 Å². The van der Waals surface area contributed by atoms with Gasteiger partial charge in [-0.2, -0.15) is 0 Å². The molecule has 0 amide bonds. The second kappa shape index (κ2) is 13.6. The minimum Gasteiger partial charge on any atom is -0.426 e. The van der Waals surface area contributed by atoms with Crippen LogP contribution in [0.3, 0.4) is 0 Å². The number of hydrogen-bond acceptors (Lipinski definition) is 2. The van der Waals surface area contributed by atoms with Crippen molar-refractivity contribution in [3.63, 3.8) is 0 Å². The Bertz CT molecular complexity index is 1050. The van der Waals surface area contributed by atoms with Gasteiger partial charge in [-0.05, 0) is 74.4 Å². The van der Waals surface area contributed by atoms with Gasteiger partial charge in [0, 0.05) is 23.6 Å². The average Bonchev–Trinajstić information content (AvgIpc) is 2.85. The SMILES string of the molecule is CCCC#Cc1ccc(C#Cc2ccc(OC(=O)C3CCC(CCCCC)CC3)cc2F)cc1. The van der Waals surface area contributed by atoms with E-state index in [0.717, 1.165) is 55.6 Å². The number of hydrogen-bond donors (Lipinski definition) is 0. The van der Waals surface area contributed by atoms with Crippen molar-refractivity contribution in [2.45, 2.75) is 78.1 Å². The molecule has 0 saturated heterocycles. The standard InChI is InChI=1S/C31H35FO2/c1-3-5-7-9-24-11-13-26(14-12-24)15-18-27-21-22-29(23-30(27)32)34-31(33)28-19-16-25(17-20-28)10-8-6-4-2/h11-14,21-23,25,28H,3-6,8,10,16-17,19-20H2,1-2H3. The van der Waals surface area contributed by atoms with Gasteiger partial charge in [0.05, 0.1) is 11.5 Å². The van der Waals surface area contributed by atoms with Crippen molar-refractivity contribution in [3.8, 4) is 29.4 Å². The molecule has 34 heavy (non-hydrogen) atoms. The zero-order valence-electron chi connectivity index (χ0n) is 20.5. The minimum absolute atomic E-state index is 0.0837. The van der Waals surface area contributed by atoms with Crippen LogP contribution in [0.25, 0.3) is 0 Å². The van der Waals surface area contributed by atoms with Crippen LogP contribution in [-0.4, -0.2) is 5.97 Å². The van der Waals surface area contributed by atoms with Gasteiger partial charge in [0.25, 0.3) is 0 Å². The molecule has 3 rings (SSSR count). The third-order valence-electron chi connectivity index (χ3n) is 6.39. The lowest BCUT2D eigenvalue weighted by molar-refractivity contribution is -0.140. The number of esters is 1. The third kappa shape index (κ3) is 8.07. The summed E-state index contributed by atoms with van der Waals surface area (Å²) in [6, 6.07) is 12.1. The highest BCUT2D eigenvalue weighted by molar-refractivity contribution is 5.75. The van der Waals surface area contributed by atoms with E-state index >= 15 is 0 Å². The predicted molar refractivity (Wildman–Crippen MR) is 136 cm³/mol. The fourth-order valence-corrected chi connectivity index (χ4v) is 4.30. The summed E-state index contributed by atoms with van der Waals surface area (Å²) < 4.78 is 20.1. The highest BCUT2D eigenvalue weighted by Gasteiger charge is 2.27. The predicted octanol–water partition coefficient (Wildman–Crippen LogP) is 7.67. The number of carbonyl (C=O) groups excluding carboxylic acids is 1. The van der Waals surface area contributed by atoms with E-state index in [1.165, 1.54) is 31.7 Å². The summed E-state index contributed by atoms with van der Waals surface area (Å²) in [5.41, 5.74) is 2.02. The molecule has 0 radical (unpaired) electrons. The summed E-state index contributed by atoms with van der Waals surface area (Å²) in [4.78, 5) is 12.6. The lowest BCUT2D eigenvalue weighted by Crippen LogP contribution is -2.25. The van der Waals surface area contributed by atoms with Crippen molar-refractivity contribution in [2.75, 3.05) is 0 Å². The molecule has 2 nitrogen and oxygen atoms in total. The molecule has 0 heterocycles. The molecule has 1 aliphatic rings. The number of benzene rings is 2. The average molecular weight is 459 g/mol. The summed E-state index contributed by atoms with van der Waals surface area (Å²) in [7, 11) is 0. The lowest BCUT2D eigenvalue weighted by Gasteiger charge is -2.27. The van der Waals surface area contributed by atoms with Crippen LogP contribution >= 0.6 is 0 Å². The summed E-state index contributed by atoms with van der Waals surface area (Å²) in [5.74, 6) is 12.2. The van der Waals surface area contributed by atoms with Gasteiger partial charge in [-0.25, -0.2) is 4.39 Å². The van der Waals surface area contributed by atoms with Crippen molar-refractivity contribution in [1.29, 1.82) is 0 Å². The molecule has 178 valence electrons. The first-order valence-electron chi connectivity index (χ1n) is 12.7. The molecule has 1 saturated carbocycles. The van der Waals surface area contributed by atoms with Gasteiger partial charge in [0.15, 0.2) is 0 Å². The van der Waals surface area contributed by atoms with E-state index in [-0.39, 0.29) is 23.2 Å². The molecule has 0 aromatic heterocycles. The van der Waals surface area contributed by atoms with Gasteiger partial charge in [-0.1, -0.05) is 63.2 Å². The van der Waals surface area contributed by atoms with Gasteiger partial charge < -0.3 is 4.74 Å². The molecule has 0 spiro atoms. The van der Waals surface area contributed by atoms with E-state index in [9.17, 15) is 9.18 Å². The van der Waals surface area contributed by atoms with Crippen molar-refractivity contribution in [1.82, 2.24) is 0 Å². The maximum Gasteiger partial charge on any atom is 0.314 e. The first-order valence-corrected chi connectivity index (χ1v) is 12.7. The first-order chi connectivity index (χ1) is 16.6. The molecule has 0 N–H and O–H groups in total. The van der Waals surface area contributed by atoms with Crippen LogP contribution in [-0.2, 0) is 4.79 Å². The maximum absolute atomic E-state index is 14.6. The number of carbonyl (C=O) groups is 1. The Hall–Kier alpha value is -3.04. The summed E-state index contributed by atoms with van der Waals surface area (Å²) in [5, 5.41) is 0. The summed E-state index contributed by atoms with van der Waals surface area (Å²) >= 11 is 0. The second-order valence-corrected chi connectivity index (χ2v) is 9.16. The molecule has 1 fully saturated rings. The Kier molecular flexibility index (Phi) is 10.2. The van der Waals surface area contributed by atoms with E-state index in [1.807, 2.05) is 24.3 Å². The van der Waals surface area contributed by atoms with Crippen LogP contribution in [0.1, 0.15) is 94.7 Å². The normalized spacial score (nSPS) is 17.1. The Labute approximate surface area is 204 Å². The molecular weight excluding hydrogens is 423 g/mol. The van der Waals surface area contributed by atoms with E-state index in [0.29, 0.717) is 0 Å². The van der Waals surface area contributed by atoms with E-state index in [4.69, 9.17) is 4.74 Å². The van der Waals surface area contributed by atoms with Crippen molar-refractivity contribution in [3.05, 3.63) is 65.0 Å². The highest BCUT2D eigenvalue weighted by Crippen LogP contribution is 2.33. The molecular formula is C31H35FO2. The Morgan fingerprint density at radius 2 is 1.62 bits per heavy atom. The first kappa shape index (κ1) is 25.6. The summed E-state index contributed by atoms with van der Waals surface area (Å²) in [6.07, 6.45) is 10.9. The van der Waals surface area contributed by atoms with Gasteiger partial charge in [0.2, 0.25) is 0 Å². The molecule has 2 aromatic carbocycles. The Morgan fingerprint density at radius 1 is 0.912 bits per heavy atom. The Balaban J connectivity index is 1.53. The minimum atomic E-state index is -0.487. The molecule has 0 aliphatic heterocycles. The number of ether oxygens (including phenoxy) is 1. The van der Waals surface area contributed by atoms with Crippen molar-refractivity contribution in [2.24, 2.45) is 11.8 Å². The number of unbranched alkanes of at least 4 members (excludes halogenated alkanes) is 3. The van der Waals surface area contributed by atoms with Crippen LogP contribution in [0.15, 0.2) is 42.5 Å². The number of rotatable bonds is 7. The van der Waals surface area contributed by atoms with Crippen LogP contribution in [0.5, 0.6) is 5.75 Å². The van der Waals surface area contributed by atoms with Gasteiger partial charge in [-0.3, -0.25) is 4.79 Å². The maximum atomic E-state index is 14.6. The topological polar surface area (TPSA) is 26.3 Å². The smallest absolute Gasteiger partial charge is 0.314 e. The largest absolute Gasteiger partial charge is 0.426 e. The fraction of sp³-hybridized carbons (Fsp3) is 0.452. The molecule has 2 aromatic rings. The fourth-order valence-electron chi connectivity index (χ4n) is 4.30. The van der Waals surface area contributed by atoms with Crippen LogP contribution in [0, 0.1) is 41.3 Å². The van der Waals surface area contributed by atoms with Crippen LogP contribution in [0.4, 0.5) is 4.39 Å². The molecule has 0 bridgehead atoms. The lowest BCUT2D eigenvalue weighted by atomic mass is 9.80. The zero-order chi connectivity index (χ0) is 24.2. The van der Waals surface area contributed by atoms with Crippen molar-refractivity contribution >= 4 is 5.97 Å². The summed E-state index contributed by atoms with van der Waals surface area (Å²) in [6.45, 7) is 4.32. The van der Waals surface area contributed by atoms with Crippen LogP contribution in [0.2, 0.25) is 0 Å². The molecule has 1 aliphatic carbocycles. The molecule has 0 atom stereocenters. The Morgan fingerprint density at radius 3 is 2.26 bits per heavy atom. The molecule has 0 unspecified atom stereocenters. The van der Waals surface area contributed by atoms with Crippen LogP contribution < -0.4 is 4.74 Å². The molecule has 3 heteroatoms.